The molecule has 0 N–H and O–H groups in total. The van der Waals surface area contributed by atoms with Crippen molar-refractivity contribution in [3.05, 3.63) is 411 Å². The third-order valence-electron chi connectivity index (χ3n) is 23.7. The quantitative estimate of drug-likeness (QED) is 0.0736. The minimum Gasteiger partial charge on any atom is -0.476 e. The van der Waals surface area contributed by atoms with Crippen molar-refractivity contribution in [2.75, 3.05) is 0 Å². The zero-order valence-corrected chi connectivity index (χ0v) is 90.7. The second kappa shape index (κ2) is 44.6. The van der Waals surface area contributed by atoms with E-state index in [0.717, 1.165) is 133 Å². The first-order valence-electron chi connectivity index (χ1n) is 46.0. The fraction of sp³-hybridized carbons (Fsp3) is 0.125. The zero-order chi connectivity index (χ0) is 95.7. The number of hydrogen-bond acceptors (Lipinski definition) is 15. The molecule has 0 bridgehead atoms. The third kappa shape index (κ3) is 24.0. The van der Waals surface area contributed by atoms with Crippen molar-refractivity contribution in [3.63, 3.8) is 0 Å². The molecule has 0 aliphatic carbocycles. The van der Waals surface area contributed by atoms with Gasteiger partial charge in [0.2, 0.25) is 17.7 Å². The van der Waals surface area contributed by atoms with Crippen LogP contribution >= 0.6 is 0 Å². The second-order valence-electron chi connectivity index (χ2n) is 37.9. The van der Waals surface area contributed by atoms with Crippen molar-refractivity contribution < 1.29 is 86.8 Å². The van der Waals surface area contributed by atoms with E-state index >= 15 is 0 Å². The molecular formula is C120H101Ir3N9O6Si3-6. The number of benzene rings is 14. The molecule has 0 fully saturated rings. The van der Waals surface area contributed by atoms with Crippen molar-refractivity contribution in [2.24, 2.45) is 0 Å². The van der Waals surface area contributed by atoms with Gasteiger partial charge in [-0.2, -0.15) is 15.3 Å². The second-order valence-corrected chi connectivity index (χ2v) is 53.0. The van der Waals surface area contributed by atoms with Gasteiger partial charge in [0.25, 0.3) is 0 Å². The summed E-state index contributed by atoms with van der Waals surface area (Å²) in [4.78, 5) is 14.1. The summed E-state index contributed by atoms with van der Waals surface area (Å²) in [6.07, 6.45) is 6.24. The van der Waals surface area contributed by atoms with E-state index in [1.807, 2.05) is 243 Å². The van der Waals surface area contributed by atoms with Gasteiger partial charge in [0.15, 0.2) is 17.7 Å². The number of fused-ring (bicyclic) bond motifs is 9. The molecule has 15 nitrogen and oxygen atoms in total. The van der Waals surface area contributed by atoms with Crippen LogP contribution < -0.4 is 15.6 Å². The fourth-order valence-electron chi connectivity index (χ4n) is 16.6. The molecule has 23 rings (SSSR count). The number of furan rings is 3. The maximum Gasteiger partial charge on any atom is 0.237 e. The van der Waals surface area contributed by atoms with E-state index in [-0.39, 0.29) is 65.7 Å². The van der Waals surface area contributed by atoms with E-state index in [1.54, 1.807) is 0 Å². The summed E-state index contributed by atoms with van der Waals surface area (Å²) >= 11 is 0. The monoisotopic (exact) mass is 2430 g/mol. The molecule has 707 valence electrons. The van der Waals surface area contributed by atoms with Gasteiger partial charge in [-0.1, -0.05) is 330 Å². The maximum absolute atomic E-state index is 5.90. The maximum atomic E-state index is 5.90. The molecule has 0 unspecified atom stereocenters. The summed E-state index contributed by atoms with van der Waals surface area (Å²) in [5.74, 6) is 2.75. The largest absolute Gasteiger partial charge is 0.476 e. The van der Waals surface area contributed by atoms with Crippen molar-refractivity contribution in [1.29, 1.82) is 0 Å². The van der Waals surface area contributed by atoms with Crippen LogP contribution in [0.15, 0.2) is 385 Å². The van der Waals surface area contributed by atoms with Gasteiger partial charge in [0, 0.05) is 95.6 Å². The first-order valence-corrected chi connectivity index (χ1v) is 56.5. The molecule has 9 heterocycles. The number of para-hydroxylation sites is 3. The Bertz CT molecular complexity index is 7730. The third-order valence-corrected chi connectivity index (χ3v) is 30.0. The molecule has 14 aromatic carbocycles. The standard InChI is InChI=1S/C24H28NSi.C21H22NSi.3C20H11N2O2.C15H18NSi.3Ir/c1-24(2,3)21-16-22(25-17-23(21)26(4,5)6)20-14-10-13-19(15-20)18-11-8-7-9-12-18;1-16-13-20(22-15-21(16)23(2,3)4)19-12-8-11-18(14-19)17-9-6-5-7-10-17;3*1-2-6-13(7-3-1)19-21-22-20(24-19)14-10-11-16-15-8-4-5-9-17(15)23-18(16)12-14;1-12-10-14(13-8-6-5-7-9-13)16-11-15(12)17(2,3)4;;;/h7-13,15-17H,1-6H3;5-11,13-15H,1-4H3;3*1-9,11-12H;5-8,10-11H,1-4H3;;;/q6*-1;;;. The molecule has 0 saturated heterocycles. The van der Waals surface area contributed by atoms with Crippen LogP contribution in [0.4, 0.5) is 0 Å². The van der Waals surface area contributed by atoms with E-state index in [4.69, 9.17) is 36.5 Å². The molecule has 0 amide bonds. The Labute approximate surface area is 865 Å². The molecule has 9 aromatic heterocycles. The minimum atomic E-state index is -1.45. The van der Waals surface area contributed by atoms with E-state index < -0.39 is 24.2 Å². The van der Waals surface area contributed by atoms with Gasteiger partial charge in [-0.25, -0.2) is 0 Å². The average molecular weight is 2430 g/mol. The van der Waals surface area contributed by atoms with Crippen molar-refractivity contribution in [1.82, 2.24) is 45.5 Å². The molecule has 23 aromatic rings. The Morgan fingerprint density at radius 1 is 0.234 bits per heavy atom. The van der Waals surface area contributed by atoms with Gasteiger partial charge < -0.3 is 41.5 Å². The van der Waals surface area contributed by atoms with Crippen LogP contribution in [0, 0.1) is 50.2 Å². The Kier molecular flexibility index (Phi) is 32.1. The Balaban J connectivity index is 0.000000128. The number of hydrogen-bond donors (Lipinski definition) is 0. The van der Waals surface area contributed by atoms with Crippen LogP contribution in [-0.2, 0) is 65.7 Å². The molecule has 0 saturated carbocycles. The van der Waals surface area contributed by atoms with Gasteiger partial charge in [0.05, 0.1) is 41.0 Å². The van der Waals surface area contributed by atoms with Crippen LogP contribution in [0.1, 0.15) is 37.5 Å². The Morgan fingerprint density at radius 2 is 0.525 bits per heavy atom. The molecule has 141 heavy (non-hydrogen) atoms. The number of aromatic nitrogens is 9. The molecule has 21 heteroatoms. The van der Waals surface area contributed by atoms with E-state index in [0.29, 0.717) is 35.3 Å². The first-order chi connectivity index (χ1) is 66.7. The summed E-state index contributed by atoms with van der Waals surface area (Å²) < 4.78 is 35.0. The molecular weight excluding hydrogens is 2320 g/mol. The van der Waals surface area contributed by atoms with E-state index in [9.17, 15) is 0 Å². The number of rotatable bonds is 14. The number of nitrogens with zero attached hydrogens (tertiary/aromatic N) is 9. The molecule has 0 atom stereocenters. The molecule has 0 spiro atoms. The first kappa shape index (κ1) is 101. The van der Waals surface area contributed by atoms with Gasteiger partial charge in [-0.15, -0.1) is 158 Å². The summed E-state index contributed by atoms with van der Waals surface area (Å²) in [6, 6.07) is 132. The van der Waals surface area contributed by atoms with Crippen LogP contribution in [0.2, 0.25) is 58.9 Å². The molecule has 3 radical (unpaired) electrons. The molecule has 0 aliphatic heterocycles. The van der Waals surface area contributed by atoms with Crippen LogP contribution in [-0.4, -0.2) is 69.8 Å². The van der Waals surface area contributed by atoms with Crippen molar-refractivity contribution >= 4 is 106 Å². The van der Waals surface area contributed by atoms with Crippen LogP contribution in [0.3, 0.4) is 0 Å². The smallest absolute Gasteiger partial charge is 0.237 e. The summed E-state index contributed by atoms with van der Waals surface area (Å²) in [6.45, 7) is 32.6. The normalized spacial score (nSPS) is 11.3. The fourth-order valence-corrected chi connectivity index (χ4v) is 21.8. The summed E-state index contributed by atoms with van der Waals surface area (Å²) in [5.41, 5.74) is 25.0. The summed E-state index contributed by atoms with van der Waals surface area (Å²) in [5, 5.41) is 35.4. The number of pyridine rings is 3. The predicted molar refractivity (Wildman–Crippen MR) is 567 cm³/mol. The Morgan fingerprint density at radius 3 is 0.844 bits per heavy atom. The topological polar surface area (TPSA) is 195 Å². The molecule has 0 aliphatic rings. The van der Waals surface area contributed by atoms with Gasteiger partial charge in [0.1, 0.15) is 16.7 Å². The van der Waals surface area contributed by atoms with Gasteiger partial charge in [-0.3, -0.25) is 0 Å². The Hall–Kier alpha value is -14.1. The number of aryl methyl sites for hydroxylation is 2. The van der Waals surface area contributed by atoms with Crippen LogP contribution in [0.25, 0.3) is 191 Å². The van der Waals surface area contributed by atoms with Crippen molar-refractivity contribution in [2.45, 2.75) is 99.0 Å². The summed E-state index contributed by atoms with van der Waals surface area (Å²) in [7, 11) is -4.06. The van der Waals surface area contributed by atoms with Crippen molar-refractivity contribution in [3.8, 4) is 125 Å². The van der Waals surface area contributed by atoms with Gasteiger partial charge >= 0.3 is 0 Å². The zero-order valence-electron chi connectivity index (χ0n) is 80.5. The predicted octanol–water partition coefficient (Wildman–Crippen LogP) is 29.8. The SMILES string of the molecule is CC(C)(C)c1cc(-c2[c-]ccc(-c3ccccc3)c2)ncc1[Si](C)(C)C.Cc1cc(-c2[c-]ccc(-c3ccccc3)c2)ncc1[Si](C)(C)C.Cc1cc(-c2[c-]cccc2)ncc1[Si](C)(C)C.[Ir].[Ir].[Ir].[c-]1cc2c(cc1-c1nnc(-c3ccccc3)o1)oc1ccccc12.[c-]1cc2c(cc1-c1nnc(-c3ccccc3)o1)oc1ccccc12.[c-]1cc2c(cc1-c1nnc(-c3ccccc3)o1)oc1ccccc12. The van der Waals surface area contributed by atoms with Gasteiger partial charge in [-0.05, 0) is 139 Å². The average Bonchev–Trinajstić information content (AvgIpc) is 0.960. The van der Waals surface area contributed by atoms with E-state index in [1.165, 1.54) is 54.5 Å². The van der Waals surface area contributed by atoms with Crippen LogP contribution in [0.5, 0.6) is 0 Å². The van der Waals surface area contributed by atoms with E-state index in [2.05, 4.69) is 281 Å². The minimum absolute atomic E-state index is 0.